The maximum atomic E-state index is 12.8. The molecule has 0 saturated heterocycles. The van der Waals surface area contributed by atoms with Crippen LogP contribution >= 0.6 is 0 Å². The van der Waals surface area contributed by atoms with Crippen molar-refractivity contribution in [3.8, 4) is 0 Å². The second-order valence-electron chi connectivity index (χ2n) is 3.61. The van der Waals surface area contributed by atoms with E-state index < -0.39 is 11.6 Å². The van der Waals surface area contributed by atoms with Gasteiger partial charge in [0.2, 0.25) is 0 Å². The highest BCUT2D eigenvalue weighted by atomic mass is 19.1. The monoisotopic (exact) mass is 211 g/mol. The molecule has 3 heteroatoms. The van der Waals surface area contributed by atoms with E-state index >= 15 is 0 Å². The summed E-state index contributed by atoms with van der Waals surface area (Å²) < 4.78 is 25.7. The van der Waals surface area contributed by atoms with Crippen molar-refractivity contribution in [3.05, 3.63) is 48.1 Å². The Hall–Kier alpha value is -1.22. The van der Waals surface area contributed by atoms with Crippen LogP contribution in [0, 0.1) is 11.6 Å². The number of halogens is 2. The third-order valence-electron chi connectivity index (χ3n) is 2.16. The summed E-state index contributed by atoms with van der Waals surface area (Å²) in [7, 11) is 0. The van der Waals surface area contributed by atoms with E-state index in [2.05, 4.69) is 6.58 Å². The highest BCUT2D eigenvalue weighted by Gasteiger charge is 2.06. The van der Waals surface area contributed by atoms with Crippen LogP contribution in [-0.2, 0) is 6.42 Å². The van der Waals surface area contributed by atoms with Gasteiger partial charge >= 0.3 is 0 Å². The zero-order valence-corrected chi connectivity index (χ0v) is 8.55. The highest BCUT2D eigenvalue weighted by Crippen LogP contribution is 2.11. The van der Waals surface area contributed by atoms with Crippen molar-refractivity contribution in [1.29, 1.82) is 0 Å². The smallest absolute Gasteiger partial charge is 0.126 e. The summed E-state index contributed by atoms with van der Waals surface area (Å²) in [5.41, 5.74) is 6.40. The van der Waals surface area contributed by atoms with Crippen molar-refractivity contribution in [2.45, 2.75) is 25.3 Å². The summed E-state index contributed by atoms with van der Waals surface area (Å²) in [5.74, 6) is -1.11. The van der Waals surface area contributed by atoms with Gasteiger partial charge in [-0.15, -0.1) is 6.58 Å². The third kappa shape index (κ3) is 4.21. The number of hydrogen-bond acceptors (Lipinski definition) is 1. The van der Waals surface area contributed by atoms with Crippen LogP contribution in [-0.4, -0.2) is 6.04 Å². The molecule has 0 saturated carbocycles. The molecule has 0 heterocycles. The number of benzene rings is 1. The van der Waals surface area contributed by atoms with E-state index in [9.17, 15) is 8.78 Å². The summed E-state index contributed by atoms with van der Waals surface area (Å²) >= 11 is 0. The van der Waals surface area contributed by atoms with Crippen LogP contribution < -0.4 is 5.73 Å². The lowest BCUT2D eigenvalue weighted by Gasteiger charge is -2.10. The number of hydrogen-bond donors (Lipinski definition) is 1. The zero-order chi connectivity index (χ0) is 11.3. The Labute approximate surface area is 88.6 Å². The van der Waals surface area contributed by atoms with Crippen molar-refractivity contribution in [3.63, 3.8) is 0 Å². The van der Waals surface area contributed by atoms with E-state index in [1.54, 1.807) is 6.08 Å². The van der Waals surface area contributed by atoms with Gasteiger partial charge in [-0.2, -0.15) is 0 Å². The second-order valence-corrected chi connectivity index (χ2v) is 3.61. The standard InChI is InChI=1S/C12H15F2N/c1-2-3-4-12(15)7-9-5-10(13)8-11(14)6-9/h2,5-6,8,12H,1,3-4,7,15H2. The maximum absolute atomic E-state index is 12.8. The Kier molecular flexibility index (Phi) is 4.43. The van der Waals surface area contributed by atoms with Crippen molar-refractivity contribution >= 4 is 0 Å². The van der Waals surface area contributed by atoms with Crippen LogP contribution in [0.4, 0.5) is 8.78 Å². The molecular formula is C12H15F2N. The summed E-state index contributed by atoms with van der Waals surface area (Å²) in [6.07, 6.45) is 3.87. The molecule has 0 fully saturated rings. The fourth-order valence-corrected chi connectivity index (χ4v) is 1.47. The molecule has 1 nitrogen and oxygen atoms in total. The van der Waals surface area contributed by atoms with Crippen molar-refractivity contribution < 1.29 is 8.78 Å². The highest BCUT2D eigenvalue weighted by molar-refractivity contribution is 5.18. The first-order valence-corrected chi connectivity index (χ1v) is 4.93. The molecule has 0 bridgehead atoms. The second kappa shape index (κ2) is 5.61. The average molecular weight is 211 g/mol. The Bertz CT molecular complexity index is 316. The lowest BCUT2D eigenvalue weighted by molar-refractivity contribution is 0.570. The van der Waals surface area contributed by atoms with Gasteiger partial charge in [-0.1, -0.05) is 6.08 Å². The predicted octanol–water partition coefficient (Wildman–Crippen LogP) is 2.80. The molecule has 0 aliphatic carbocycles. The normalized spacial score (nSPS) is 12.5. The van der Waals surface area contributed by atoms with Gasteiger partial charge < -0.3 is 5.73 Å². The zero-order valence-electron chi connectivity index (χ0n) is 8.55. The van der Waals surface area contributed by atoms with Gasteiger partial charge in [-0.3, -0.25) is 0 Å². The Morgan fingerprint density at radius 1 is 1.27 bits per heavy atom. The van der Waals surface area contributed by atoms with E-state index in [1.807, 2.05) is 0 Å². The van der Waals surface area contributed by atoms with Crippen LogP contribution in [0.2, 0.25) is 0 Å². The SMILES string of the molecule is C=CCCC(N)Cc1cc(F)cc(F)c1. The van der Waals surface area contributed by atoms with Gasteiger partial charge in [0.15, 0.2) is 0 Å². The summed E-state index contributed by atoms with van der Waals surface area (Å²) in [6.45, 7) is 3.59. The molecule has 2 N–H and O–H groups in total. The molecule has 0 radical (unpaired) electrons. The van der Waals surface area contributed by atoms with Gasteiger partial charge in [0, 0.05) is 12.1 Å². The van der Waals surface area contributed by atoms with E-state index in [1.165, 1.54) is 12.1 Å². The van der Waals surface area contributed by atoms with Crippen molar-refractivity contribution in [1.82, 2.24) is 0 Å². The lowest BCUT2D eigenvalue weighted by Crippen LogP contribution is -2.22. The quantitative estimate of drug-likeness (QED) is 0.744. The summed E-state index contributed by atoms with van der Waals surface area (Å²) in [5, 5.41) is 0. The van der Waals surface area contributed by atoms with Gasteiger partial charge in [-0.05, 0) is 37.0 Å². The Morgan fingerprint density at radius 3 is 2.40 bits per heavy atom. The Morgan fingerprint density at radius 2 is 1.87 bits per heavy atom. The number of allylic oxidation sites excluding steroid dienone is 1. The molecule has 1 rings (SSSR count). The number of rotatable bonds is 5. The molecular weight excluding hydrogens is 196 g/mol. The maximum Gasteiger partial charge on any atom is 0.126 e. The largest absolute Gasteiger partial charge is 0.327 e. The van der Waals surface area contributed by atoms with Crippen molar-refractivity contribution in [2.75, 3.05) is 0 Å². The minimum atomic E-state index is -0.555. The summed E-state index contributed by atoms with van der Waals surface area (Å²) in [6, 6.07) is 3.41. The van der Waals surface area contributed by atoms with Gasteiger partial charge in [0.05, 0.1) is 0 Å². The van der Waals surface area contributed by atoms with E-state index in [0.717, 1.165) is 18.9 Å². The van der Waals surface area contributed by atoms with Crippen LogP contribution in [0.15, 0.2) is 30.9 Å². The van der Waals surface area contributed by atoms with E-state index in [0.29, 0.717) is 12.0 Å². The third-order valence-corrected chi connectivity index (χ3v) is 2.16. The molecule has 15 heavy (non-hydrogen) atoms. The molecule has 1 atom stereocenters. The molecule has 0 amide bonds. The topological polar surface area (TPSA) is 26.0 Å². The predicted molar refractivity (Wildman–Crippen MR) is 57.5 cm³/mol. The van der Waals surface area contributed by atoms with E-state index in [4.69, 9.17) is 5.73 Å². The minimum Gasteiger partial charge on any atom is -0.327 e. The van der Waals surface area contributed by atoms with E-state index in [-0.39, 0.29) is 6.04 Å². The minimum absolute atomic E-state index is 0.0794. The molecule has 1 aromatic carbocycles. The molecule has 0 aromatic heterocycles. The van der Waals surface area contributed by atoms with Crippen molar-refractivity contribution in [2.24, 2.45) is 5.73 Å². The van der Waals surface area contributed by atoms with Gasteiger partial charge in [-0.25, -0.2) is 8.78 Å². The average Bonchev–Trinajstić information content (AvgIpc) is 2.13. The fraction of sp³-hybridized carbons (Fsp3) is 0.333. The van der Waals surface area contributed by atoms with Crippen LogP contribution in [0.5, 0.6) is 0 Å². The first-order chi connectivity index (χ1) is 7.11. The number of nitrogens with two attached hydrogens (primary N) is 1. The summed E-state index contributed by atoms with van der Waals surface area (Å²) in [4.78, 5) is 0. The Balaban J connectivity index is 2.59. The van der Waals surface area contributed by atoms with Crippen LogP contribution in [0.1, 0.15) is 18.4 Å². The molecule has 1 aromatic rings. The van der Waals surface area contributed by atoms with Gasteiger partial charge in [0.1, 0.15) is 11.6 Å². The molecule has 0 aliphatic heterocycles. The molecule has 0 spiro atoms. The molecule has 1 unspecified atom stereocenters. The van der Waals surface area contributed by atoms with Gasteiger partial charge in [0.25, 0.3) is 0 Å². The van der Waals surface area contributed by atoms with Crippen LogP contribution in [0.25, 0.3) is 0 Å². The lowest BCUT2D eigenvalue weighted by atomic mass is 10.0. The molecule has 0 aliphatic rings. The molecule has 82 valence electrons. The first-order valence-electron chi connectivity index (χ1n) is 4.93. The van der Waals surface area contributed by atoms with Crippen LogP contribution in [0.3, 0.4) is 0 Å². The first kappa shape index (κ1) is 11.9. The fourth-order valence-electron chi connectivity index (χ4n) is 1.47.